The maximum atomic E-state index is 12.9. The zero-order chi connectivity index (χ0) is 17.4. The van der Waals surface area contributed by atoms with Crippen molar-refractivity contribution in [3.63, 3.8) is 0 Å². The van der Waals surface area contributed by atoms with Crippen LogP contribution in [0.3, 0.4) is 0 Å². The predicted molar refractivity (Wildman–Crippen MR) is 95.2 cm³/mol. The Morgan fingerprint density at radius 2 is 2.04 bits per heavy atom. The standard InChI is InChI=1S/C16H25NO4S2/c1-5-8-13(19)17-10-7-6-9-12(15(17)20)14(21-11(2)18)16(22-3)23-4/h5,12,14,16H,1,6-10H2,2-4H3. The molecule has 0 aromatic heterocycles. The minimum absolute atomic E-state index is 0.0395. The van der Waals surface area contributed by atoms with Crippen molar-refractivity contribution in [2.45, 2.75) is 43.3 Å². The van der Waals surface area contributed by atoms with Gasteiger partial charge in [0.1, 0.15) is 6.10 Å². The van der Waals surface area contributed by atoms with Gasteiger partial charge in [-0.05, 0) is 25.4 Å². The van der Waals surface area contributed by atoms with Crippen molar-refractivity contribution in [2.24, 2.45) is 5.92 Å². The number of carbonyl (C=O) groups excluding carboxylic acids is 3. The van der Waals surface area contributed by atoms with Gasteiger partial charge in [0.05, 0.1) is 10.5 Å². The number of imide groups is 1. The lowest BCUT2D eigenvalue weighted by molar-refractivity contribution is -0.155. The van der Waals surface area contributed by atoms with E-state index in [0.29, 0.717) is 13.0 Å². The van der Waals surface area contributed by atoms with Crippen LogP contribution < -0.4 is 0 Å². The number of hydrogen-bond acceptors (Lipinski definition) is 6. The molecule has 1 fully saturated rings. The van der Waals surface area contributed by atoms with Gasteiger partial charge >= 0.3 is 5.97 Å². The number of esters is 1. The molecule has 1 heterocycles. The van der Waals surface area contributed by atoms with Crippen LogP contribution in [0.15, 0.2) is 12.7 Å². The number of rotatable bonds is 7. The highest BCUT2D eigenvalue weighted by atomic mass is 32.2. The first-order chi connectivity index (χ1) is 11.0. The fourth-order valence-corrected chi connectivity index (χ4v) is 4.53. The molecule has 1 aliphatic rings. The molecule has 0 spiro atoms. The summed E-state index contributed by atoms with van der Waals surface area (Å²) in [5, 5.41) is 0. The maximum Gasteiger partial charge on any atom is 0.302 e. The van der Waals surface area contributed by atoms with Crippen LogP contribution >= 0.6 is 23.5 Å². The zero-order valence-corrected chi connectivity index (χ0v) is 15.6. The summed E-state index contributed by atoms with van der Waals surface area (Å²) in [6.45, 7) is 5.34. The molecule has 1 saturated heterocycles. The molecule has 0 aliphatic carbocycles. The first-order valence-electron chi connectivity index (χ1n) is 7.64. The molecule has 0 bridgehead atoms. The van der Waals surface area contributed by atoms with Gasteiger partial charge in [0, 0.05) is 19.9 Å². The highest BCUT2D eigenvalue weighted by Gasteiger charge is 2.40. The molecule has 23 heavy (non-hydrogen) atoms. The van der Waals surface area contributed by atoms with E-state index in [9.17, 15) is 14.4 Å². The van der Waals surface area contributed by atoms with Crippen molar-refractivity contribution < 1.29 is 19.1 Å². The Balaban J connectivity index is 3.06. The summed E-state index contributed by atoms with van der Waals surface area (Å²) in [5.41, 5.74) is 0. The molecule has 130 valence electrons. The van der Waals surface area contributed by atoms with Gasteiger partial charge in [-0.2, -0.15) is 0 Å². The molecular weight excluding hydrogens is 334 g/mol. The molecule has 0 N–H and O–H groups in total. The topological polar surface area (TPSA) is 63.7 Å². The Hall–Kier alpha value is -0.950. The average molecular weight is 360 g/mol. The van der Waals surface area contributed by atoms with Gasteiger partial charge < -0.3 is 4.74 Å². The summed E-state index contributed by atoms with van der Waals surface area (Å²) in [6, 6.07) is 0. The number of nitrogens with zero attached hydrogens (tertiary/aromatic N) is 1. The number of hydrogen-bond donors (Lipinski definition) is 0. The van der Waals surface area contributed by atoms with Crippen molar-refractivity contribution in [2.75, 3.05) is 19.1 Å². The lowest BCUT2D eigenvalue weighted by Gasteiger charge is -2.31. The fraction of sp³-hybridized carbons (Fsp3) is 0.688. The molecular formula is C16H25NO4S2. The van der Waals surface area contributed by atoms with E-state index in [1.807, 2.05) is 12.5 Å². The zero-order valence-electron chi connectivity index (χ0n) is 13.9. The Kier molecular flexibility index (Phi) is 8.76. The van der Waals surface area contributed by atoms with Crippen molar-refractivity contribution in [3.05, 3.63) is 12.7 Å². The first-order valence-corrected chi connectivity index (χ1v) is 10.2. The van der Waals surface area contributed by atoms with E-state index < -0.39 is 18.0 Å². The van der Waals surface area contributed by atoms with E-state index in [1.165, 1.54) is 17.9 Å². The van der Waals surface area contributed by atoms with Crippen LogP contribution in [0.4, 0.5) is 0 Å². The van der Waals surface area contributed by atoms with E-state index >= 15 is 0 Å². The molecule has 2 atom stereocenters. The second-order valence-electron chi connectivity index (χ2n) is 5.39. The maximum absolute atomic E-state index is 12.9. The van der Waals surface area contributed by atoms with Gasteiger partial charge in [0.2, 0.25) is 11.8 Å². The summed E-state index contributed by atoms with van der Waals surface area (Å²) in [4.78, 5) is 37.9. The molecule has 2 amide bonds. The number of thioether (sulfide) groups is 2. The third kappa shape index (κ3) is 5.57. The van der Waals surface area contributed by atoms with Crippen molar-refractivity contribution >= 4 is 41.3 Å². The van der Waals surface area contributed by atoms with Crippen LogP contribution in [0.2, 0.25) is 0 Å². The van der Waals surface area contributed by atoms with Crippen LogP contribution in [0.25, 0.3) is 0 Å². The number of ether oxygens (including phenoxy) is 1. The summed E-state index contributed by atoms with van der Waals surface area (Å²) in [5.74, 6) is -1.33. The van der Waals surface area contributed by atoms with Gasteiger partial charge in [-0.3, -0.25) is 19.3 Å². The first kappa shape index (κ1) is 20.1. The lowest BCUT2D eigenvalue weighted by atomic mass is 9.96. The van der Waals surface area contributed by atoms with Crippen molar-refractivity contribution in [1.82, 2.24) is 4.90 Å². The largest absolute Gasteiger partial charge is 0.460 e. The normalized spacial score (nSPS) is 20.1. The lowest BCUT2D eigenvalue weighted by Crippen LogP contribution is -2.46. The van der Waals surface area contributed by atoms with Gasteiger partial charge in [-0.25, -0.2) is 0 Å². The number of likely N-dealkylation sites (tertiary alicyclic amines) is 1. The molecule has 1 aliphatic heterocycles. The summed E-state index contributed by atoms with van der Waals surface area (Å²) in [6.07, 6.45) is 7.23. The van der Waals surface area contributed by atoms with E-state index in [-0.39, 0.29) is 22.8 Å². The third-order valence-corrected chi connectivity index (χ3v) is 6.40. The number of amides is 2. The molecule has 0 saturated carbocycles. The average Bonchev–Trinajstić information content (AvgIpc) is 2.69. The molecule has 7 heteroatoms. The molecule has 2 unspecified atom stereocenters. The molecule has 0 radical (unpaired) electrons. The van der Waals surface area contributed by atoms with Crippen LogP contribution in [0.1, 0.15) is 32.6 Å². The monoisotopic (exact) mass is 359 g/mol. The second-order valence-corrected chi connectivity index (χ2v) is 7.65. The van der Waals surface area contributed by atoms with Crippen molar-refractivity contribution in [1.29, 1.82) is 0 Å². The van der Waals surface area contributed by atoms with Crippen LogP contribution in [0.5, 0.6) is 0 Å². The smallest absolute Gasteiger partial charge is 0.302 e. The summed E-state index contributed by atoms with van der Waals surface area (Å²) in [7, 11) is 0. The van der Waals surface area contributed by atoms with Crippen LogP contribution in [0, 0.1) is 5.92 Å². The Morgan fingerprint density at radius 3 is 2.57 bits per heavy atom. The van der Waals surface area contributed by atoms with Crippen molar-refractivity contribution in [3.8, 4) is 0 Å². The van der Waals surface area contributed by atoms with E-state index in [0.717, 1.165) is 12.8 Å². The third-order valence-electron chi connectivity index (χ3n) is 3.78. The molecule has 5 nitrogen and oxygen atoms in total. The minimum Gasteiger partial charge on any atom is -0.460 e. The van der Waals surface area contributed by atoms with Crippen LogP contribution in [-0.2, 0) is 19.1 Å². The summed E-state index contributed by atoms with van der Waals surface area (Å²) >= 11 is 3.11. The summed E-state index contributed by atoms with van der Waals surface area (Å²) < 4.78 is 5.45. The SMILES string of the molecule is C=CCC(=O)N1CCCCC(C(OC(C)=O)C(SC)SC)C1=O. The van der Waals surface area contributed by atoms with E-state index in [1.54, 1.807) is 23.5 Å². The quantitative estimate of drug-likeness (QED) is 0.396. The molecule has 0 aromatic rings. The Morgan fingerprint density at radius 1 is 1.39 bits per heavy atom. The minimum atomic E-state index is -0.526. The van der Waals surface area contributed by atoms with E-state index in [4.69, 9.17) is 4.74 Å². The van der Waals surface area contributed by atoms with Gasteiger partial charge in [-0.15, -0.1) is 30.1 Å². The predicted octanol–water partition coefficient (Wildman–Crippen LogP) is 2.70. The Labute approximate surface area is 146 Å². The Bertz CT molecular complexity index is 451. The number of carbonyl (C=O) groups is 3. The van der Waals surface area contributed by atoms with Gasteiger partial charge in [0.25, 0.3) is 0 Å². The molecule has 0 aromatic carbocycles. The molecule has 1 rings (SSSR count). The second kappa shape index (κ2) is 10.0. The highest BCUT2D eigenvalue weighted by Crippen LogP contribution is 2.33. The fourth-order valence-electron chi connectivity index (χ4n) is 2.74. The van der Waals surface area contributed by atoms with E-state index in [2.05, 4.69) is 6.58 Å². The highest BCUT2D eigenvalue weighted by molar-refractivity contribution is 8.16. The van der Waals surface area contributed by atoms with Crippen LogP contribution in [-0.4, -0.2) is 52.4 Å². The van der Waals surface area contributed by atoms with Gasteiger partial charge in [-0.1, -0.05) is 12.5 Å². The van der Waals surface area contributed by atoms with Gasteiger partial charge in [0.15, 0.2) is 0 Å².